The van der Waals surface area contributed by atoms with E-state index in [1.54, 1.807) is 5.01 Å². The zero-order chi connectivity index (χ0) is 21.3. The van der Waals surface area contributed by atoms with Crippen molar-refractivity contribution in [2.24, 2.45) is 11.0 Å². The average molecular weight is 404 g/mol. The zero-order valence-corrected chi connectivity index (χ0v) is 18.7. The molecule has 4 heteroatoms. The number of carbonyl (C=O) groups excluding carboxylic acids is 1. The molecule has 2 heterocycles. The molecule has 0 N–H and O–H groups in total. The van der Waals surface area contributed by atoms with E-state index < -0.39 is 0 Å². The molecule has 4 nitrogen and oxygen atoms in total. The number of hydrazone groups is 1. The summed E-state index contributed by atoms with van der Waals surface area (Å²) in [5.41, 5.74) is 6.98. The number of benzene rings is 2. The van der Waals surface area contributed by atoms with Crippen molar-refractivity contribution in [3.63, 3.8) is 0 Å². The van der Waals surface area contributed by atoms with Gasteiger partial charge in [0.25, 0.3) is 5.91 Å². The van der Waals surface area contributed by atoms with Crippen molar-refractivity contribution in [3.05, 3.63) is 70.3 Å². The Morgan fingerprint density at radius 1 is 1.03 bits per heavy atom. The number of piperidine rings is 1. The van der Waals surface area contributed by atoms with Crippen molar-refractivity contribution >= 4 is 11.6 Å². The summed E-state index contributed by atoms with van der Waals surface area (Å²) in [6.07, 6.45) is 3.10. The van der Waals surface area contributed by atoms with Gasteiger partial charge < -0.3 is 0 Å². The summed E-state index contributed by atoms with van der Waals surface area (Å²) < 4.78 is 0. The lowest BCUT2D eigenvalue weighted by Gasteiger charge is -2.31. The third kappa shape index (κ3) is 4.49. The van der Waals surface area contributed by atoms with Gasteiger partial charge in [0.1, 0.15) is 0 Å². The minimum Gasteiger partial charge on any atom is -0.294 e. The highest BCUT2D eigenvalue weighted by atomic mass is 16.2. The van der Waals surface area contributed by atoms with E-state index in [-0.39, 0.29) is 11.9 Å². The largest absolute Gasteiger partial charge is 0.294 e. The van der Waals surface area contributed by atoms with Crippen molar-refractivity contribution < 1.29 is 4.79 Å². The Bertz CT molecular complexity index is 957. The van der Waals surface area contributed by atoms with Crippen LogP contribution in [0.25, 0.3) is 0 Å². The quantitative estimate of drug-likeness (QED) is 0.718. The molecule has 158 valence electrons. The van der Waals surface area contributed by atoms with Crippen molar-refractivity contribution in [3.8, 4) is 0 Å². The van der Waals surface area contributed by atoms with Gasteiger partial charge in [-0.3, -0.25) is 9.69 Å². The fourth-order valence-electron chi connectivity index (χ4n) is 4.58. The molecule has 2 aromatic rings. The van der Waals surface area contributed by atoms with Crippen LogP contribution in [0, 0.1) is 26.7 Å². The number of likely N-dealkylation sites (tertiary alicyclic amines) is 1. The van der Waals surface area contributed by atoms with Crippen LogP contribution in [0.5, 0.6) is 0 Å². The Morgan fingerprint density at radius 3 is 2.50 bits per heavy atom. The van der Waals surface area contributed by atoms with Gasteiger partial charge in [-0.25, -0.2) is 5.01 Å². The van der Waals surface area contributed by atoms with Gasteiger partial charge in [0, 0.05) is 6.42 Å². The van der Waals surface area contributed by atoms with Gasteiger partial charge in [0.2, 0.25) is 0 Å². The summed E-state index contributed by atoms with van der Waals surface area (Å²) in [6.45, 7) is 11.1. The molecule has 0 radical (unpaired) electrons. The maximum Gasteiger partial charge on any atom is 0.257 e. The Labute approximate surface area is 180 Å². The van der Waals surface area contributed by atoms with E-state index in [1.807, 2.05) is 0 Å². The van der Waals surface area contributed by atoms with Gasteiger partial charge in [-0.2, -0.15) is 5.10 Å². The molecular weight excluding hydrogens is 370 g/mol. The molecule has 0 spiro atoms. The lowest BCUT2D eigenvalue weighted by atomic mass is 9.93. The topological polar surface area (TPSA) is 35.9 Å². The van der Waals surface area contributed by atoms with Crippen LogP contribution in [-0.2, 0) is 4.79 Å². The highest BCUT2D eigenvalue weighted by molar-refractivity contribution is 6.03. The molecule has 1 atom stereocenters. The molecule has 0 aromatic heterocycles. The first-order valence-electron chi connectivity index (χ1n) is 11.2. The van der Waals surface area contributed by atoms with Crippen LogP contribution in [0.15, 0.2) is 47.6 Å². The van der Waals surface area contributed by atoms with Crippen LogP contribution in [0.3, 0.4) is 0 Å². The molecule has 2 aromatic carbocycles. The van der Waals surface area contributed by atoms with E-state index in [1.165, 1.54) is 35.1 Å². The Kier molecular flexibility index (Phi) is 6.05. The van der Waals surface area contributed by atoms with Crippen LogP contribution in [0.2, 0.25) is 0 Å². The predicted molar refractivity (Wildman–Crippen MR) is 123 cm³/mol. The van der Waals surface area contributed by atoms with Gasteiger partial charge in [0.05, 0.1) is 18.3 Å². The summed E-state index contributed by atoms with van der Waals surface area (Å²) >= 11 is 0. The summed E-state index contributed by atoms with van der Waals surface area (Å²) in [5, 5.41) is 6.66. The van der Waals surface area contributed by atoms with E-state index in [9.17, 15) is 4.79 Å². The van der Waals surface area contributed by atoms with Gasteiger partial charge in [0.15, 0.2) is 0 Å². The third-order valence-corrected chi connectivity index (χ3v) is 6.55. The average Bonchev–Trinajstić information content (AvgIpc) is 3.17. The summed E-state index contributed by atoms with van der Waals surface area (Å²) in [6, 6.07) is 14.9. The first kappa shape index (κ1) is 20.8. The lowest BCUT2D eigenvalue weighted by Crippen LogP contribution is -2.41. The molecule has 2 aliphatic rings. The van der Waals surface area contributed by atoms with Gasteiger partial charge in [-0.1, -0.05) is 60.5 Å². The highest BCUT2D eigenvalue weighted by Crippen LogP contribution is 2.35. The lowest BCUT2D eigenvalue weighted by molar-refractivity contribution is -0.134. The highest BCUT2D eigenvalue weighted by Gasteiger charge is 2.34. The summed E-state index contributed by atoms with van der Waals surface area (Å²) in [5.74, 6) is 0.870. The first-order chi connectivity index (χ1) is 14.4. The van der Waals surface area contributed by atoms with Crippen molar-refractivity contribution in [2.75, 3.05) is 19.6 Å². The van der Waals surface area contributed by atoms with Crippen LogP contribution >= 0.6 is 0 Å². The second-order valence-corrected chi connectivity index (χ2v) is 9.19. The standard InChI is InChI=1S/C26H33N3O/c1-18-10-12-28(13-11-18)17-26(30)29-25(23-15-20(3)8-9-21(23)4)16-24(27-29)22-7-5-6-19(2)14-22/h5-9,14-15,18,25H,10-13,16-17H2,1-4H3. The number of aryl methyl sites for hydroxylation is 3. The summed E-state index contributed by atoms with van der Waals surface area (Å²) in [7, 11) is 0. The molecule has 1 unspecified atom stereocenters. The molecule has 2 aliphatic heterocycles. The SMILES string of the molecule is Cc1cccc(C2=NN(C(=O)CN3CCC(C)CC3)C(c3cc(C)ccc3C)C2)c1. The van der Waals surface area contributed by atoms with E-state index in [0.717, 1.165) is 36.7 Å². The molecule has 1 saturated heterocycles. The Hall–Kier alpha value is -2.46. The Balaban J connectivity index is 1.63. The van der Waals surface area contributed by atoms with Crippen LogP contribution < -0.4 is 0 Å². The van der Waals surface area contributed by atoms with Crippen molar-refractivity contribution in [1.82, 2.24) is 9.91 Å². The van der Waals surface area contributed by atoms with Gasteiger partial charge in [-0.05, 0) is 69.3 Å². The monoisotopic (exact) mass is 403 g/mol. The minimum absolute atomic E-state index is 0.0309. The van der Waals surface area contributed by atoms with Crippen molar-refractivity contribution in [2.45, 2.75) is 53.0 Å². The number of nitrogens with zero attached hydrogens (tertiary/aromatic N) is 3. The van der Waals surface area contributed by atoms with Gasteiger partial charge >= 0.3 is 0 Å². The predicted octanol–water partition coefficient (Wildman–Crippen LogP) is 5.02. The van der Waals surface area contributed by atoms with E-state index in [4.69, 9.17) is 5.10 Å². The van der Waals surface area contributed by atoms with E-state index in [0.29, 0.717) is 6.54 Å². The molecule has 0 saturated carbocycles. The first-order valence-corrected chi connectivity index (χ1v) is 11.2. The van der Waals surface area contributed by atoms with Crippen LogP contribution in [0.4, 0.5) is 0 Å². The fourth-order valence-corrected chi connectivity index (χ4v) is 4.58. The van der Waals surface area contributed by atoms with Crippen LogP contribution in [-0.4, -0.2) is 41.2 Å². The molecule has 1 amide bonds. The maximum absolute atomic E-state index is 13.4. The number of carbonyl (C=O) groups is 1. The van der Waals surface area contributed by atoms with Crippen LogP contribution in [0.1, 0.15) is 60.0 Å². The zero-order valence-electron chi connectivity index (χ0n) is 18.7. The van der Waals surface area contributed by atoms with Gasteiger partial charge in [-0.15, -0.1) is 0 Å². The number of amides is 1. The molecule has 0 bridgehead atoms. The Morgan fingerprint density at radius 2 is 1.77 bits per heavy atom. The van der Waals surface area contributed by atoms with E-state index in [2.05, 4.69) is 75.1 Å². The smallest absolute Gasteiger partial charge is 0.257 e. The summed E-state index contributed by atoms with van der Waals surface area (Å²) in [4.78, 5) is 15.7. The number of rotatable bonds is 4. The molecular formula is C26H33N3O. The normalized spacial score (nSPS) is 20.5. The van der Waals surface area contributed by atoms with E-state index >= 15 is 0 Å². The fraction of sp³-hybridized carbons (Fsp3) is 0.462. The number of hydrogen-bond acceptors (Lipinski definition) is 3. The minimum atomic E-state index is -0.0309. The molecule has 1 fully saturated rings. The van der Waals surface area contributed by atoms with Crippen molar-refractivity contribution in [1.29, 1.82) is 0 Å². The molecule has 0 aliphatic carbocycles. The molecule has 4 rings (SSSR count). The second-order valence-electron chi connectivity index (χ2n) is 9.19. The second kappa shape index (κ2) is 8.73. The number of hydrogen-bond donors (Lipinski definition) is 0. The third-order valence-electron chi connectivity index (χ3n) is 6.55. The maximum atomic E-state index is 13.4. The molecule has 30 heavy (non-hydrogen) atoms.